The van der Waals surface area contributed by atoms with Crippen LogP contribution in [0.15, 0.2) is 5.16 Å². The first-order valence-electron chi connectivity index (χ1n) is 7.34. The van der Waals surface area contributed by atoms with Gasteiger partial charge in [0.15, 0.2) is 0 Å². The van der Waals surface area contributed by atoms with Crippen molar-refractivity contribution in [1.82, 2.24) is 19.6 Å². The van der Waals surface area contributed by atoms with Gasteiger partial charge in [-0.25, -0.2) is 0 Å². The highest BCUT2D eigenvalue weighted by molar-refractivity contribution is 7.99. The van der Waals surface area contributed by atoms with Crippen LogP contribution in [-0.2, 0) is 4.79 Å². The third-order valence-electron chi connectivity index (χ3n) is 3.32. The van der Waals surface area contributed by atoms with Crippen LogP contribution in [0.1, 0.15) is 19.8 Å². The predicted octanol–water partition coefficient (Wildman–Crippen LogP) is 1.52. The van der Waals surface area contributed by atoms with Crippen molar-refractivity contribution in [2.75, 3.05) is 44.3 Å². The van der Waals surface area contributed by atoms with Gasteiger partial charge in [-0.05, 0) is 38.9 Å². The molecule has 1 amide bonds. The van der Waals surface area contributed by atoms with Gasteiger partial charge in [0, 0.05) is 23.8 Å². The van der Waals surface area contributed by atoms with Crippen LogP contribution in [0.2, 0.25) is 0 Å². The van der Waals surface area contributed by atoms with E-state index in [1.165, 1.54) is 11.5 Å². The molecule has 8 heteroatoms. The number of carbonyl (C=O) groups excluding carboxylic acids is 1. The molecule has 1 aromatic heterocycles. The summed E-state index contributed by atoms with van der Waals surface area (Å²) < 4.78 is 4.23. The second-order valence-electron chi connectivity index (χ2n) is 5.23. The van der Waals surface area contributed by atoms with Crippen LogP contribution in [-0.4, -0.2) is 59.1 Å². The number of aromatic nitrogens is 2. The Labute approximate surface area is 134 Å². The Morgan fingerprint density at radius 1 is 1.57 bits per heavy atom. The molecule has 118 valence electrons. The molecule has 2 N–H and O–H groups in total. The van der Waals surface area contributed by atoms with E-state index in [1.54, 1.807) is 11.8 Å². The van der Waals surface area contributed by atoms with Crippen molar-refractivity contribution in [3.05, 3.63) is 0 Å². The summed E-state index contributed by atoms with van der Waals surface area (Å²) in [6.07, 6.45) is 2.25. The SMILES string of the molecule is CCCSc1nsc(NC(=O)CN2CCC(CNC)C2)n1. The summed E-state index contributed by atoms with van der Waals surface area (Å²) in [6.45, 7) is 5.57. The van der Waals surface area contributed by atoms with Gasteiger partial charge in [-0.1, -0.05) is 18.7 Å². The van der Waals surface area contributed by atoms with Crippen molar-refractivity contribution < 1.29 is 4.79 Å². The van der Waals surface area contributed by atoms with Gasteiger partial charge in [0.2, 0.25) is 16.2 Å². The Hall–Kier alpha value is -0.700. The standard InChI is InChI=1S/C13H23N5OS2/c1-3-6-20-13-16-12(21-17-13)15-11(19)9-18-5-4-10(8-18)7-14-2/h10,14H,3-9H2,1-2H3,(H,15,16,17,19). The van der Waals surface area contributed by atoms with Crippen LogP contribution in [0.25, 0.3) is 0 Å². The first-order chi connectivity index (χ1) is 10.2. The van der Waals surface area contributed by atoms with Gasteiger partial charge in [-0.2, -0.15) is 9.36 Å². The molecule has 1 aromatic rings. The number of hydrogen-bond acceptors (Lipinski definition) is 7. The summed E-state index contributed by atoms with van der Waals surface area (Å²) in [4.78, 5) is 18.5. The number of rotatable bonds is 8. The molecule has 0 bridgehead atoms. The van der Waals surface area contributed by atoms with Crippen molar-refractivity contribution in [3.8, 4) is 0 Å². The maximum Gasteiger partial charge on any atom is 0.240 e. The Balaban J connectivity index is 1.73. The zero-order valence-corrected chi connectivity index (χ0v) is 14.2. The van der Waals surface area contributed by atoms with Crippen LogP contribution in [0.3, 0.4) is 0 Å². The molecule has 1 atom stereocenters. The summed E-state index contributed by atoms with van der Waals surface area (Å²) in [5.74, 6) is 1.66. The van der Waals surface area contributed by atoms with Crippen LogP contribution < -0.4 is 10.6 Å². The van der Waals surface area contributed by atoms with Crippen molar-refractivity contribution in [2.45, 2.75) is 24.9 Å². The zero-order chi connectivity index (χ0) is 15.1. The normalized spacial score (nSPS) is 19.0. The molecule has 0 spiro atoms. The van der Waals surface area contributed by atoms with Crippen LogP contribution in [0.5, 0.6) is 0 Å². The van der Waals surface area contributed by atoms with Gasteiger partial charge in [-0.15, -0.1) is 0 Å². The molecule has 0 saturated carbocycles. The van der Waals surface area contributed by atoms with E-state index in [2.05, 4.69) is 31.8 Å². The maximum atomic E-state index is 12.0. The smallest absolute Gasteiger partial charge is 0.240 e. The predicted molar refractivity (Wildman–Crippen MR) is 88.0 cm³/mol. The maximum absolute atomic E-state index is 12.0. The topological polar surface area (TPSA) is 70.2 Å². The minimum absolute atomic E-state index is 0.00305. The van der Waals surface area contributed by atoms with Crippen molar-refractivity contribution in [2.24, 2.45) is 5.92 Å². The molecule has 0 aromatic carbocycles. The molecule has 1 aliphatic heterocycles. The molecule has 0 aliphatic carbocycles. The average Bonchev–Trinajstić information content (AvgIpc) is 3.07. The number of nitrogens with one attached hydrogen (secondary N) is 2. The minimum Gasteiger partial charge on any atom is -0.319 e. The lowest BCUT2D eigenvalue weighted by Gasteiger charge is -2.14. The van der Waals surface area contributed by atoms with Gasteiger partial charge in [0.25, 0.3) is 0 Å². The first kappa shape index (κ1) is 16.7. The summed E-state index contributed by atoms with van der Waals surface area (Å²) in [5.41, 5.74) is 0. The monoisotopic (exact) mass is 329 g/mol. The minimum atomic E-state index is 0.00305. The van der Waals surface area contributed by atoms with E-state index >= 15 is 0 Å². The zero-order valence-electron chi connectivity index (χ0n) is 12.6. The molecule has 1 saturated heterocycles. The van der Waals surface area contributed by atoms with E-state index in [-0.39, 0.29) is 5.91 Å². The Kier molecular flexibility index (Phi) is 6.88. The van der Waals surface area contributed by atoms with Crippen molar-refractivity contribution in [3.63, 3.8) is 0 Å². The molecular formula is C13H23N5OS2. The number of hydrogen-bond donors (Lipinski definition) is 2. The number of anilines is 1. The Morgan fingerprint density at radius 2 is 2.43 bits per heavy atom. The molecule has 0 radical (unpaired) electrons. The van der Waals surface area contributed by atoms with Gasteiger partial charge < -0.3 is 5.32 Å². The van der Waals surface area contributed by atoms with Crippen molar-refractivity contribution >= 4 is 34.3 Å². The van der Waals surface area contributed by atoms with Gasteiger partial charge >= 0.3 is 0 Å². The van der Waals surface area contributed by atoms with E-state index < -0.39 is 0 Å². The number of carbonyl (C=O) groups is 1. The van der Waals surface area contributed by atoms with E-state index in [1.807, 2.05) is 7.05 Å². The second kappa shape index (κ2) is 8.67. The number of amides is 1. The molecule has 6 nitrogen and oxygen atoms in total. The first-order valence-corrected chi connectivity index (χ1v) is 9.10. The van der Waals surface area contributed by atoms with E-state index in [0.29, 0.717) is 17.6 Å². The molecular weight excluding hydrogens is 306 g/mol. The molecule has 1 aliphatic rings. The summed E-state index contributed by atoms with van der Waals surface area (Å²) >= 11 is 2.88. The Bertz CT molecular complexity index is 454. The highest BCUT2D eigenvalue weighted by Crippen LogP contribution is 2.21. The second-order valence-corrected chi connectivity index (χ2v) is 7.04. The third kappa shape index (κ3) is 5.54. The lowest BCUT2D eigenvalue weighted by molar-refractivity contribution is -0.117. The highest BCUT2D eigenvalue weighted by Gasteiger charge is 2.23. The quantitative estimate of drug-likeness (QED) is 0.705. The number of likely N-dealkylation sites (tertiary alicyclic amines) is 1. The van der Waals surface area contributed by atoms with Gasteiger partial charge in [0.05, 0.1) is 6.54 Å². The van der Waals surface area contributed by atoms with E-state index in [0.717, 1.165) is 43.4 Å². The highest BCUT2D eigenvalue weighted by atomic mass is 32.2. The van der Waals surface area contributed by atoms with Gasteiger partial charge in [0.1, 0.15) is 0 Å². The molecule has 21 heavy (non-hydrogen) atoms. The van der Waals surface area contributed by atoms with Gasteiger partial charge in [-0.3, -0.25) is 15.0 Å². The fourth-order valence-electron chi connectivity index (χ4n) is 2.39. The molecule has 1 fully saturated rings. The Morgan fingerprint density at radius 3 is 3.19 bits per heavy atom. The van der Waals surface area contributed by atoms with E-state index in [4.69, 9.17) is 0 Å². The lowest BCUT2D eigenvalue weighted by atomic mass is 10.1. The lowest BCUT2D eigenvalue weighted by Crippen LogP contribution is -2.32. The fraction of sp³-hybridized carbons (Fsp3) is 0.769. The summed E-state index contributed by atoms with van der Waals surface area (Å²) in [6, 6.07) is 0. The van der Waals surface area contributed by atoms with Crippen LogP contribution in [0, 0.1) is 5.92 Å². The molecule has 1 unspecified atom stereocenters. The molecule has 2 rings (SSSR count). The van der Waals surface area contributed by atoms with Crippen molar-refractivity contribution in [1.29, 1.82) is 0 Å². The summed E-state index contributed by atoms with van der Waals surface area (Å²) in [7, 11) is 1.97. The van der Waals surface area contributed by atoms with Crippen LogP contribution in [0.4, 0.5) is 5.13 Å². The summed E-state index contributed by atoms with van der Waals surface area (Å²) in [5, 5.41) is 7.40. The van der Waals surface area contributed by atoms with E-state index in [9.17, 15) is 4.79 Å². The number of thioether (sulfide) groups is 1. The average molecular weight is 329 g/mol. The van der Waals surface area contributed by atoms with Crippen LogP contribution >= 0.6 is 23.3 Å². The fourth-order valence-corrected chi connectivity index (χ4v) is 3.80. The molecule has 2 heterocycles. The third-order valence-corrected chi connectivity index (χ3v) is 5.12. The number of nitrogens with zero attached hydrogens (tertiary/aromatic N) is 3. The largest absolute Gasteiger partial charge is 0.319 e.